The molecule has 0 spiro atoms. The van der Waals surface area contributed by atoms with Gasteiger partial charge in [-0.3, -0.25) is 0 Å². The highest BCUT2D eigenvalue weighted by molar-refractivity contribution is 5.10. The molecular formula is C15H26. The molecule has 0 heteroatoms. The predicted octanol–water partition coefficient (Wildman–Crippen LogP) is 4.66. The molecule has 0 saturated heterocycles. The maximum atomic E-state index is 2.62. The first-order valence-corrected chi connectivity index (χ1v) is 6.77. The molecule has 0 radical (unpaired) electrons. The molecule has 0 aliphatic heterocycles. The van der Waals surface area contributed by atoms with E-state index in [1.54, 1.807) is 5.57 Å². The van der Waals surface area contributed by atoms with Crippen LogP contribution in [-0.2, 0) is 0 Å². The van der Waals surface area contributed by atoms with Crippen LogP contribution in [-0.4, -0.2) is 0 Å². The third kappa shape index (κ3) is 2.14. The summed E-state index contributed by atoms with van der Waals surface area (Å²) in [4.78, 5) is 0. The van der Waals surface area contributed by atoms with Crippen molar-refractivity contribution in [2.24, 2.45) is 29.6 Å². The van der Waals surface area contributed by atoms with Crippen molar-refractivity contribution in [2.45, 2.75) is 53.4 Å². The summed E-state index contributed by atoms with van der Waals surface area (Å²) in [5.74, 6) is 4.69. The standard InChI is InChI=1S/C15H26/c1-10(2)13-8-6-12(4)14-7-5-11(3)9-15(13)14/h9-10,12-15H,5-8H2,1-4H3. The molecule has 2 aliphatic rings. The second kappa shape index (κ2) is 4.31. The molecule has 0 nitrogen and oxygen atoms in total. The molecular weight excluding hydrogens is 180 g/mol. The molecule has 15 heavy (non-hydrogen) atoms. The van der Waals surface area contributed by atoms with Gasteiger partial charge in [-0.1, -0.05) is 38.8 Å². The number of allylic oxidation sites excluding steroid dienone is 2. The van der Waals surface area contributed by atoms with Crippen molar-refractivity contribution in [1.29, 1.82) is 0 Å². The molecule has 0 aromatic carbocycles. The lowest BCUT2D eigenvalue weighted by molar-refractivity contribution is 0.0882. The fourth-order valence-electron chi connectivity index (χ4n) is 3.87. The lowest BCUT2D eigenvalue weighted by Crippen LogP contribution is -2.36. The zero-order valence-electron chi connectivity index (χ0n) is 10.8. The molecule has 2 aliphatic carbocycles. The Balaban J connectivity index is 2.20. The van der Waals surface area contributed by atoms with Crippen LogP contribution in [0, 0.1) is 29.6 Å². The van der Waals surface area contributed by atoms with Gasteiger partial charge < -0.3 is 0 Å². The third-order valence-electron chi connectivity index (χ3n) is 4.88. The van der Waals surface area contributed by atoms with E-state index in [1.165, 1.54) is 25.7 Å². The summed E-state index contributed by atoms with van der Waals surface area (Å²) in [7, 11) is 0. The summed E-state index contributed by atoms with van der Waals surface area (Å²) >= 11 is 0. The van der Waals surface area contributed by atoms with Crippen LogP contribution in [0.25, 0.3) is 0 Å². The lowest BCUT2D eigenvalue weighted by Gasteiger charge is -2.45. The first kappa shape index (κ1) is 11.2. The highest BCUT2D eigenvalue weighted by Gasteiger charge is 2.38. The van der Waals surface area contributed by atoms with Gasteiger partial charge in [0.1, 0.15) is 0 Å². The Labute approximate surface area is 95.1 Å². The van der Waals surface area contributed by atoms with Crippen molar-refractivity contribution in [1.82, 2.24) is 0 Å². The quantitative estimate of drug-likeness (QED) is 0.547. The molecule has 0 N–H and O–H groups in total. The molecule has 4 atom stereocenters. The topological polar surface area (TPSA) is 0 Å². The van der Waals surface area contributed by atoms with Crippen LogP contribution in [0.15, 0.2) is 11.6 Å². The minimum absolute atomic E-state index is 0.868. The summed E-state index contributed by atoms with van der Waals surface area (Å²) in [6.45, 7) is 9.63. The molecule has 4 unspecified atom stereocenters. The fourth-order valence-corrected chi connectivity index (χ4v) is 3.87. The summed E-state index contributed by atoms with van der Waals surface area (Å²) in [6, 6.07) is 0. The SMILES string of the molecule is CC1=CC2C(C(C)C)CCC(C)C2CC1. The van der Waals surface area contributed by atoms with Crippen LogP contribution in [0.2, 0.25) is 0 Å². The van der Waals surface area contributed by atoms with E-state index < -0.39 is 0 Å². The van der Waals surface area contributed by atoms with Crippen molar-refractivity contribution in [2.75, 3.05) is 0 Å². The molecule has 2 rings (SSSR count). The van der Waals surface area contributed by atoms with E-state index >= 15 is 0 Å². The van der Waals surface area contributed by atoms with E-state index in [1.807, 2.05) is 0 Å². The number of rotatable bonds is 1. The van der Waals surface area contributed by atoms with Crippen LogP contribution in [0.3, 0.4) is 0 Å². The van der Waals surface area contributed by atoms with Gasteiger partial charge in [-0.05, 0) is 55.8 Å². The van der Waals surface area contributed by atoms with E-state index in [2.05, 4.69) is 33.8 Å². The molecule has 86 valence electrons. The van der Waals surface area contributed by atoms with Gasteiger partial charge in [-0.15, -0.1) is 0 Å². The fraction of sp³-hybridized carbons (Fsp3) is 0.867. The molecule has 0 heterocycles. The van der Waals surface area contributed by atoms with Gasteiger partial charge in [-0.25, -0.2) is 0 Å². The zero-order valence-corrected chi connectivity index (χ0v) is 10.8. The van der Waals surface area contributed by atoms with Gasteiger partial charge in [0.05, 0.1) is 0 Å². The van der Waals surface area contributed by atoms with Crippen molar-refractivity contribution in [3.63, 3.8) is 0 Å². The van der Waals surface area contributed by atoms with Crippen molar-refractivity contribution < 1.29 is 0 Å². The van der Waals surface area contributed by atoms with Crippen molar-refractivity contribution >= 4 is 0 Å². The maximum Gasteiger partial charge on any atom is -0.0169 e. The Morgan fingerprint density at radius 3 is 2.60 bits per heavy atom. The molecule has 0 aromatic rings. The lowest BCUT2D eigenvalue weighted by atomic mass is 9.60. The van der Waals surface area contributed by atoms with E-state index in [-0.39, 0.29) is 0 Å². The Hall–Kier alpha value is -0.260. The number of fused-ring (bicyclic) bond motifs is 1. The van der Waals surface area contributed by atoms with E-state index in [0.717, 1.165) is 29.6 Å². The maximum absolute atomic E-state index is 2.62. The summed E-state index contributed by atoms with van der Waals surface area (Å²) in [6.07, 6.45) is 8.36. The monoisotopic (exact) mass is 206 g/mol. The first-order valence-electron chi connectivity index (χ1n) is 6.77. The average molecular weight is 206 g/mol. The van der Waals surface area contributed by atoms with Gasteiger partial charge in [0, 0.05) is 0 Å². The van der Waals surface area contributed by atoms with Gasteiger partial charge >= 0.3 is 0 Å². The number of hydrogen-bond acceptors (Lipinski definition) is 0. The summed E-state index contributed by atoms with van der Waals surface area (Å²) < 4.78 is 0. The van der Waals surface area contributed by atoms with Gasteiger partial charge in [0.15, 0.2) is 0 Å². The van der Waals surface area contributed by atoms with E-state index in [4.69, 9.17) is 0 Å². The van der Waals surface area contributed by atoms with Gasteiger partial charge in [0.2, 0.25) is 0 Å². The van der Waals surface area contributed by atoms with E-state index in [0.29, 0.717) is 0 Å². The number of hydrogen-bond donors (Lipinski definition) is 0. The van der Waals surface area contributed by atoms with Crippen LogP contribution in [0.5, 0.6) is 0 Å². The van der Waals surface area contributed by atoms with Crippen LogP contribution in [0.1, 0.15) is 53.4 Å². The molecule has 1 saturated carbocycles. The predicted molar refractivity (Wildman–Crippen MR) is 66.7 cm³/mol. The van der Waals surface area contributed by atoms with Crippen LogP contribution in [0.4, 0.5) is 0 Å². The Morgan fingerprint density at radius 2 is 1.93 bits per heavy atom. The normalized spacial score (nSPS) is 41.3. The summed E-state index contributed by atoms with van der Waals surface area (Å²) in [5, 5.41) is 0. The van der Waals surface area contributed by atoms with Gasteiger partial charge in [-0.2, -0.15) is 0 Å². The van der Waals surface area contributed by atoms with E-state index in [9.17, 15) is 0 Å². The Kier molecular flexibility index (Phi) is 3.23. The van der Waals surface area contributed by atoms with Gasteiger partial charge in [0.25, 0.3) is 0 Å². The zero-order chi connectivity index (χ0) is 11.0. The Morgan fingerprint density at radius 1 is 1.20 bits per heavy atom. The second-order valence-corrected chi connectivity index (χ2v) is 6.26. The average Bonchev–Trinajstić information content (AvgIpc) is 2.17. The second-order valence-electron chi connectivity index (χ2n) is 6.26. The molecule has 0 bridgehead atoms. The first-order chi connectivity index (χ1) is 7.09. The highest BCUT2D eigenvalue weighted by atomic mass is 14.4. The molecule has 1 fully saturated rings. The molecule has 0 aromatic heterocycles. The van der Waals surface area contributed by atoms with Crippen LogP contribution >= 0.6 is 0 Å². The Bertz CT molecular complexity index is 249. The van der Waals surface area contributed by atoms with Crippen molar-refractivity contribution in [3.05, 3.63) is 11.6 Å². The smallest absolute Gasteiger partial charge is 0.0169 e. The highest BCUT2D eigenvalue weighted by Crippen LogP contribution is 2.47. The summed E-state index contributed by atoms with van der Waals surface area (Å²) in [5.41, 5.74) is 1.65. The van der Waals surface area contributed by atoms with Crippen LogP contribution < -0.4 is 0 Å². The van der Waals surface area contributed by atoms with Crippen molar-refractivity contribution in [3.8, 4) is 0 Å². The minimum Gasteiger partial charge on any atom is -0.0819 e. The third-order valence-corrected chi connectivity index (χ3v) is 4.88. The minimum atomic E-state index is 0.868. The molecule has 0 amide bonds. The largest absolute Gasteiger partial charge is 0.0819 e.